The van der Waals surface area contributed by atoms with E-state index in [-0.39, 0.29) is 45.5 Å². The second-order valence-electron chi connectivity index (χ2n) is 11.7. The number of benzene rings is 4. The van der Waals surface area contributed by atoms with Gasteiger partial charge in [0, 0.05) is 34.6 Å². The van der Waals surface area contributed by atoms with E-state index in [1.807, 2.05) is 30.3 Å². The maximum Gasteiger partial charge on any atom is 0.264 e. The molecule has 252 valence electrons. The van der Waals surface area contributed by atoms with Gasteiger partial charge >= 0.3 is 0 Å². The highest BCUT2D eigenvalue weighted by Gasteiger charge is 2.36. The Bertz CT molecular complexity index is 1820. The number of amides is 2. The van der Waals surface area contributed by atoms with E-state index >= 15 is 0 Å². The summed E-state index contributed by atoms with van der Waals surface area (Å²) in [5.74, 6) is -0.981. The number of carbonyl (C=O) groups excluding carboxylic acids is 2. The molecule has 0 heterocycles. The molecule has 1 atom stereocenters. The number of anilines is 1. The van der Waals surface area contributed by atoms with E-state index in [2.05, 4.69) is 5.32 Å². The highest BCUT2D eigenvalue weighted by atomic mass is 35.5. The van der Waals surface area contributed by atoms with Gasteiger partial charge in [-0.05, 0) is 60.9 Å². The number of nitrogens with one attached hydrogen (secondary N) is 1. The van der Waals surface area contributed by atoms with Crippen molar-refractivity contribution >= 4 is 73.9 Å². The van der Waals surface area contributed by atoms with Gasteiger partial charge in [-0.3, -0.25) is 13.9 Å². The van der Waals surface area contributed by atoms with Crippen LogP contribution in [0.4, 0.5) is 5.69 Å². The van der Waals surface area contributed by atoms with E-state index < -0.39 is 28.5 Å². The molecule has 4 aromatic carbocycles. The quantitative estimate of drug-likeness (QED) is 0.157. The van der Waals surface area contributed by atoms with E-state index in [0.717, 1.165) is 42.0 Å². The van der Waals surface area contributed by atoms with Crippen LogP contribution < -0.4 is 9.62 Å². The van der Waals surface area contributed by atoms with Crippen molar-refractivity contribution in [3.63, 3.8) is 0 Å². The lowest BCUT2D eigenvalue weighted by molar-refractivity contribution is -0.140. The molecule has 7 nitrogen and oxygen atoms in total. The fourth-order valence-corrected chi connectivity index (χ4v) is 8.08. The Morgan fingerprint density at radius 3 is 2.00 bits per heavy atom. The molecule has 0 unspecified atom stereocenters. The highest BCUT2D eigenvalue weighted by Crippen LogP contribution is 2.32. The molecule has 1 fully saturated rings. The van der Waals surface area contributed by atoms with Crippen molar-refractivity contribution in [3.05, 3.63) is 128 Å². The average molecular weight is 748 g/mol. The number of hydrogen-bond acceptors (Lipinski definition) is 4. The number of rotatable bonds is 12. The van der Waals surface area contributed by atoms with Crippen LogP contribution in [0.1, 0.15) is 43.2 Å². The van der Waals surface area contributed by atoms with E-state index in [4.69, 9.17) is 46.4 Å². The molecule has 0 radical (unpaired) electrons. The summed E-state index contributed by atoms with van der Waals surface area (Å²) in [5, 5.41) is 4.14. The van der Waals surface area contributed by atoms with Crippen molar-refractivity contribution in [2.75, 3.05) is 10.8 Å². The number of carbonyl (C=O) groups is 2. The van der Waals surface area contributed by atoms with Gasteiger partial charge in [0.15, 0.2) is 0 Å². The van der Waals surface area contributed by atoms with Gasteiger partial charge in [-0.25, -0.2) is 8.42 Å². The van der Waals surface area contributed by atoms with Gasteiger partial charge in [0.1, 0.15) is 12.6 Å². The number of sulfonamides is 1. The van der Waals surface area contributed by atoms with Crippen molar-refractivity contribution < 1.29 is 18.0 Å². The van der Waals surface area contributed by atoms with Gasteiger partial charge in [0.25, 0.3) is 10.0 Å². The fraction of sp³-hybridized carbons (Fsp3) is 0.278. The molecule has 4 aromatic rings. The van der Waals surface area contributed by atoms with Crippen LogP contribution in [0.3, 0.4) is 0 Å². The molecule has 1 aliphatic rings. The number of nitrogens with zero attached hydrogens (tertiary/aromatic N) is 2. The smallest absolute Gasteiger partial charge is 0.264 e. The predicted molar refractivity (Wildman–Crippen MR) is 193 cm³/mol. The lowest BCUT2D eigenvalue weighted by Gasteiger charge is -2.35. The molecule has 0 saturated heterocycles. The molecular weight excluding hydrogens is 712 g/mol. The van der Waals surface area contributed by atoms with Crippen molar-refractivity contribution in [3.8, 4) is 0 Å². The largest absolute Gasteiger partial charge is 0.352 e. The van der Waals surface area contributed by atoms with E-state index in [1.54, 1.807) is 36.4 Å². The second-order valence-corrected chi connectivity index (χ2v) is 15.2. The molecule has 48 heavy (non-hydrogen) atoms. The van der Waals surface area contributed by atoms with Gasteiger partial charge in [0.2, 0.25) is 11.8 Å². The van der Waals surface area contributed by atoms with Crippen molar-refractivity contribution in [1.29, 1.82) is 0 Å². The first-order chi connectivity index (χ1) is 23.0. The summed E-state index contributed by atoms with van der Waals surface area (Å²) in [6.07, 6.45) is 4.97. The van der Waals surface area contributed by atoms with Crippen LogP contribution in [0.5, 0.6) is 0 Å². The minimum absolute atomic E-state index is 0.0274. The number of hydrogen-bond donors (Lipinski definition) is 1. The summed E-state index contributed by atoms with van der Waals surface area (Å²) in [5.41, 5.74) is 1.39. The molecule has 1 N–H and O–H groups in total. The lowest BCUT2D eigenvalue weighted by atomic mass is 9.94. The van der Waals surface area contributed by atoms with Crippen LogP contribution in [0.25, 0.3) is 0 Å². The molecule has 0 bridgehead atoms. The van der Waals surface area contributed by atoms with Crippen molar-refractivity contribution in [2.24, 2.45) is 0 Å². The Morgan fingerprint density at radius 2 is 1.38 bits per heavy atom. The van der Waals surface area contributed by atoms with Crippen LogP contribution in [0, 0.1) is 0 Å². The monoisotopic (exact) mass is 745 g/mol. The molecule has 12 heteroatoms. The van der Waals surface area contributed by atoms with Crippen LogP contribution in [0.15, 0.2) is 102 Å². The molecular formula is C36H35Cl4N3O4S. The van der Waals surface area contributed by atoms with Crippen LogP contribution in [-0.2, 0) is 32.6 Å². The van der Waals surface area contributed by atoms with Crippen molar-refractivity contribution in [2.45, 2.75) is 62.0 Å². The molecule has 1 saturated carbocycles. The summed E-state index contributed by atoms with van der Waals surface area (Å²) in [6, 6.07) is 25.4. The molecule has 5 rings (SSSR count). The van der Waals surface area contributed by atoms with E-state index in [0.29, 0.717) is 15.6 Å². The predicted octanol–water partition coefficient (Wildman–Crippen LogP) is 8.58. The van der Waals surface area contributed by atoms with Crippen LogP contribution >= 0.6 is 46.4 Å². The minimum Gasteiger partial charge on any atom is -0.352 e. The van der Waals surface area contributed by atoms with Gasteiger partial charge in [0.05, 0.1) is 20.6 Å². The third-order valence-electron chi connectivity index (χ3n) is 8.41. The van der Waals surface area contributed by atoms with Gasteiger partial charge in [-0.1, -0.05) is 120 Å². The zero-order valence-electron chi connectivity index (χ0n) is 26.0. The number of halogens is 4. The first kappa shape index (κ1) is 36.0. The Balaban J connectivity index is 1.60. The van der Waals surface area contributed by atoms with Crippen molar-refractivity contribution in [1.82, 2.24) is 10.2 Å². The third kappa shape index (κ3) is 8.84. The summed E-state index contributed by atoms with van der Waals surface area (Å²) in [6.45, 7) is -0.799. The lowest BCUT2D eigenvalue weighted by Crippen LogP contribution is -2.55. The molecule has 0 aromatic heterocycles. The zero-order chi connectivity index (χ0) is 34.3. The van der Waals surface area contributed by atoms with E-state index in [1.165, 1.54) is 35.2 Å². The Hall–Kier alpha value is -3.27. The molecule has 0 spiro atoms. The van der Waals surface area contributed by atoms with Crippen LogP contribution in [0.2, 0.25) is 20.1 Å². The first-order valence-electron chi connectivity index (χ1n) is 15.6. The Kier molecular flexibility index (Phi) is 12.3. The maximum atomic E-state index is 14.7. The standard InChI is InChI=1S/C36H35Cl4N3O4S/c37-30-17-10-18-31(38)29(30)23-42(34(21-25-11-4-1-5-12-25)36(45)41-26-13-6-2-7-14-26)35(44)24-43(27-19-20-32(39)33(40)22-27)48(46,47)28-15-8-3-9-16-28/h1,3-5,8-12,15-20,22,26,34H,2,6-7,13-14,21,23-24H2,(H,41,45)/t34-/m1/s1. The Labute approximate surface area is 301 Å². The van der Waals surface area contributed by atoms with E-state index in [9.17, 15) is 18.0 Å². The first-order valence-corrected chi connectivity index (χ1v) is 18.6. The fourth-order valence-electron chi connectivity index (χ4n) is 5.84. The SMILES string of the molecule is O=C(NC1CCCCC1)[C@@H](Cc1ccccc1)N(Cc1c(Cl)cccc1Cl)C(=O)CN(c1ccc(Cl)c(Cl)c1)S(=O)(=O)c1ccccc1. The zero-order valence-corrected chi connectivity index (χ0v) is 29.8. The summed E-state index contributed by atoms with van der Waals surface area (Å²) < 4.78 is 29.3. The van der Waals surface area contributed by atoms with Gasteiger partial charge < -0.3 is 10.2 Å². The molecule has 2 amide bonds. The maximum absolute atomic E-state index is 14.7. The summed E-state index contributed by atoms with van der Waals surface area (Å²) >= 11 is 25.7. The Morgan fingerprint density at radius 1 is 0.750 bits per heavy atom. The second kappa shape index (κ2) is 16.4. The summed E-state index contributed by atoms with van der Waals surface area (Å²) in [4.78, 5) is 30.3. The summed E-state index contributed by atoms with van der Waals surface area (Å²) in [7, 11) is -4.30. The van der Waals surface area contributed by atoms with Gasteiger partial charge in [-0.2, -0.15) is 0 Å². The highest BCUT2D eigenvalue weighted by molar-refractivity contribution is 7.92. The normalized spacial score (nSPS) is 14.2. The van der Waals surface area contributed by atoms with Crippen LogP contribution in [-0.4, -0.2) is 43.8 Å². The molecule has 0 aliphatic heterocycles. The topological polar surface area (TPSA) is 86.8 Å². The van der Waals surface area contributed by atoms with Gasteiger partial charge in [-0.15, -0.1) is 0 Å². The third-order valence-corrected chi connectivity index (χ3v) is 11.6. The molecule has 1 aliphatic carbocycles. The average Bonchev–Trinajstić information content (AvgIpc) is 3.08. The minimum atomic E-state index is -4.30.